The average Bonchev–Trinajstić information content (AvgIpc) is 2.89. The number of nitrogens with one attached hydrogen (secondary N) is 2. The van der Waals surface area contributed by atoms with E-state index in [-0.39, 0.29) is 25.1 Å². The zero-order chi connectivity index (χ0) is 27.2. The highest BCUT2D eigenvalue weighted by molar-refractivity contribution is 8.27. The molecule has 0 fully saturated rings. The highest BCUT2D eigenvalue weighted by atomic mass is 32.2. The van der Waals surface area contributed by atoms with Crippen LogP contribution in [-0.2, 0) is 25.3 Å². The number of amides is 2. The van der Waals surface area contributed by atoms with Crippen LogP contribution >= 0.6 is 70.6 Å². The fourth-order valence-electron chi connectivity index (χ4n) is 1.63. The van der Waals surface area contributed by atoms with Gasteiger partial charge in [-0.2, -0.15) is 28.4 Å². The number of nitrogens with zero attached hydrogens (tertiary/aromatic N) is 2. The number of aliphatic hydroxyl groups is 2. The Kier molecular flexibility index (Phi) is 30.6. The monoisotopic (exact) mass is 658 g/mol. The molecule has 37 heavy (non-hydrogen) atoms. The van der Waals surface area contributed by atoms with Gasteiger partial charge in [0, 0.05) is 28.1 Å². The average molecular weight is 659 g/mol. The fraction of sp³-hybridized carbons (Fsp3) is 0.778. The molecule has 4 N–H and O–H groups in total. The highest BCUT2D eigenvalue weighted by Crippen LogP contribution is 2.14. The van der Waals surface area contributed by atoms with Gasteiger partial charge in [-0.15, -0.1) is 35.3 Å². The van der Waals surface area contributed by atoms with Gasteiger partial charge in [-0.25, -0.2) is 9.79 Å². The smallest absolute Gasteiger partial charge is 0.407 e. The maximum Gasteiger partial charge on any atom is 0.407 e. The van der Waals surface area contributed by atoms with Crippen molar-refractivity contribution in [3.05, 3.63) is 0 Å². The molecule has 216 valence electrons. The Hall–Kier alpha value is 0.01000. The minimum atomic E-state index is -1.24. The van der Waals surface area contributed by atoms with Crippen molar-refractivity contribution in [2.45, 2.75) is 0 Å². The van der Waals surface area contributed by atoms with Crippen LogP contribution in [0.1, 0.15) is 0 Å². The van der Waals surface area contributed by atoms with E-state index in [4.69, 9.17) is 24.7 Å². The lowest BCUT2D eigenvalue weighted by Crippen LogP contribution is -2.24. The summed E-state index contributed by atoms with van der Waals surface area (Å²) in [7, 11) is -1.24. The second-order valence-electron chi connectivity index (χ2n) is 5.86. The van der Waals surface area contributed by atoms with Gasteiger partial charge in [-0.3, -0.25) is 14.0 Å². The number of carbonyl (C=O) groups excluding carboxylic acids is 2. The van der Waals surface area contributed by atoms with Crippen LogP contribution in [0, 0.1) is 0 Å². The molecule has 0 heterocycles. The Bertz CT molecular complexity index is 653. The summed E-state index contributed by atoms with van der Waals surface area (Å²) in [6.45, 7) is 0.933. The molecule has 0 aliphatic rings. The van der Waals surface area contributed by atoms with Gasteiger partial charge in [0.25, 0.3) is 5.24 Å². The number of hydrogen-bond acceptors (Lipinski definition) is 16. The van der Waals surface area contributed by atoms with Crippen LogP contribution in [0.5, 0.6) is 0 Å². The number of carbonyl (C=O) groups is 2. The lowest BCUT2D eigenvalue weighted by atomic mass is 10.8. The van der Waals surface area contributed by atoms with Gasteiger partial charge in [0.2, 0.25) is 6.40 Å². The van der Waals surface area contributed by atoms with Gasteiger partial charge in [-0.05, 0) is 0 Å². The molecule has 0 saturated heterocycles. The second kappa shape index (κ2) is 30.6. The van der Waals surface area contributed by atoms with E-state index in [1.807, 2.05) is 0 Å². The van der Waals surface area contributed by atoms with Gasteiger partial charge in [-0.1, -0.05) is 11.8 Å². The van der Waals surface area contributed by atoms with Crippen molar-refractivity contribution in [1.82, 2.24) is 10.6 Å². The molecule has 0 aromatic rings. The van der Waals surface area contributed by atoms with Gasteiger partial charge in [0.15, 0.2) is 0 Å². The first-order chi connectivity index (χ1) is 18.1. The van der Waals surface area contributed by atoms with Gasteiger partial charge < -0.3 is 30.5 Å². The maximum atomic E-state index is 11.9. The molecule has 0 aromatic heterocycles. The summed E-state index contributed by atoms with van der Waals surface area (Å²) in [4.78, 5) is 40.8. The third kappa shape index (κ3) is 30.4. The zero-order valence-electron chi connectivity index (χ0n) is 20.2. The predicted molar refractivity (Wildman–Crippen MR) is 164 cm³/mol. The first-order valence-electron chi connectivity index (χ1n) is 10.7. The molecule has 0 saturated carbocycles. The largest absolute Gasteiger partial charge is 0.449 e. The third-order valence-corrected chi connectivity index (χ3v) is 9.80. The molecule has 0 aromatic carbocycles. The number of aliphatic hydroxyl groups excluding tert-OH is 2. The van der Waals surface area contributed by atoms with E-state index in [0.29, 0.717) is 57.5 Å². The van der Waals surface area contributed by atoms with E-state index in [1.54, 1.807) is 11.8 Å². The van der Waals surface area contributed by atoms with Crippen LogP contribution in [0.2, 0.25) is 0 Å². The Labute approximate surface area is 245 Å². The molecular formula is C18H34N4O8S7. The van der Waals surface area contributed by atoms with Crippen LogP contribution < -0.4 is 10.6 Å². The predicted octanol–water partition coefficient (Wildman–Crippen LogP) is 2.30. The number of ether oxygens (including phenoxy) is 1. The van der Waals surface area contributed by atoms with Crippen molar-refractivity contribution in [3.8, 4) is 0 Å². The van der Waals surface area contributed by atoms with Gasteiger partial charge >= 0.3 is 6.09 Å². The minimum absolute atomic E-state index is 0.104. The standard InChI is InChI=1S/C18H34N4O8S7/c23-1-5-31-7-3-28-17(25)21-12-34-11-20-14-37(27)16-35-15-36-18(26)22-13-33-10-19-9-30-29-4-8-32-6-2-24/h9,14,23-24H,1-8,10-13,15-16H2,(H,21,25)(H,22,26)/b19-9?,20-14-. The fourth-order valence-corrected chi connectivity index (χ4v) is 6.82. The van der Waals surface area contributed by atoms with Crippen LogP contribution in [-0.4, -0.2) is 121 Å². The van der Waals surface area contributed by atoms with Crippen molar-refractivity contribution in [2.75, 3.05) is 83.1 Å². The van der Waals surface area contributed by atoms with E-state index in [9.17, 15) is 13.8 Å². The van der Waals surface area contributed by atoms with E-state index < -0.39 is 16.9 Å². The summed E-state index contributed by atoms with van der Waals surface area (Å²) >= 11 is 8.28. The van der Waals surface area contributed by atoms with Crippen molar-refractivity contribution in [1.29, 1.82) is 0 Å². The van der Waals surface area contributed by atoms with Crippen LogP contribution in [0.3, 0.4) is 0 Å². The Balaban J connectivity index is 3.49. The molecule has 0 spiro atoms. The third-order valence-electron chi connectivity index (χ3n) is 3.06. The van der Waals surface area contributed by atoms with Crippen molar-refractivity contribution >= 4 is 105 Å². The highest BCUT2D eigenvalue weighted by Gasteiger charge is 2.03. The molecule has 0 bridgehead atoms. The van der Waals surface area contributed by atoms with Crippen LogP contribution in [0.4, 0.5) is 9.59 Å². The summed E-state index contributed by atoms with van der Waals surface area (Å²) in [5.41, 5.74) is 1.36. The lowest BCUT2D eigenvalue weighted by molar-refractivity contribution is -0.210. The molecule has 0 aliphatic carbocycles. The topological polar surface area (TPSA) is 168 Å². The molecule has 12 nitrogen and oxygen atoms in total. The van der Waals surface area contributed by atoms with E-state index >= 15 is 0 Å². The van der Waals surface area contributed by atoms with Crippen molar-refractivity contribution in [2.24, 2.45) is 9.98 Å². The summed E-state index contributed by atoms with van der Waals surface area (Å²) in [5.74, 6) is 4.13. The zero-order valence-corrected chi connectivity index (χ0v) is 25.9. The molecule has 0 aliphatic heterocycles. The Morgan fingerprint density at radius 3 is 2.27 bits per heavy atom. The maximum absolute atomic E-state index is 11.9. The number of thioether (sulfide) groups is 6. The molecule has 0 rings (SSSR count). The number of aliphatic imine (C=N–C) groups is 2. The molecule has 1 unspecified atom stereocenters. The Morgan fingerprint density at radius 2 is 1.54 bits per heavy atom. The van der Waals surface area contributed by atoms with Crippen molar-refractivity contribution in [3.63, 3.8) is 0 Å². The Morgan fingerprint density at radius 1 is 0.865 bits per heavy atom. The quantitative estimate of drug-likeness (QED) is 0.0282. The molecular weight excluding hydrogens is 625 g/mol. The first kappa shape index (κ1) is 37.0. The number of rotatable bonds is 25. The number of hydrogen-bond donors (Lipinski definition) is 4. The van der Waals surface area contributed by atoms with Crippen LogP contribution in [0.15, 0.2) is 9.98 Å². The SMILES string of the molecule is O=C(NCSC/N=C\S(=O)CSCSC(=O)NCSCN=COOCCSCCO)OCCSCCO. The molecule has 1 atom stereocenters. The first-order valence-corrected chi connectivity index (χ1v) is 18.8. The van der Waals surface area contributed by atoms with E-state index in [2.05, 4.69) is 20.6 Å². The van der Waals surface area contributed by atoms with Crippen molar-refractivity contribution < 1.29 is 38.5 Å². The summed E-state index contributed by atoms with van der Waals surface area (Å²) in [6.07, 6.45) is 0.697. The summed E-state index contributed by atoms with van der Waals surface area (Å²) in [6, 6.07) is 0. The lowest BCUT2D eigenvalue weighted by Gasteiger charge is -2.05. The summed E-state index contributed by atoms with van der Waals surface area (Å²) < 4.78 is 16.8. The van der Waals surface area contributed by atoms with Gasteiger partial charge in [0.05, 0.1) is 58.2 Å². The molecule has 19 heteroatoms. The normalized spacial score (nSPS) is 12.2. The molecule has 0 radical (unpaired) electrons. The van der Waals surface area contributed by atoms with E-state index in [1.165, 1.54) is 59.0 Å². The summed E-state index contributed by atoms with van der Waals surface area (Å²) in [5, 5.41) is 23.2. The minimum Gasteiger partial charge on any atom is -0.449 e. The molecule has 2 amide bonds. The number of alkyl carbamates (subject to hydrolysis) is 1. The second-order valence-corrected chi connectivity index (χ2v) is 14.1. The van der Waals surface area contributed by atoms with E-state index in [0.717, 1.165) is 17.5 Å². The van der Waals surface area contributed by atoms with Gasteiger partial charge in [0.1, 0.15) is 13.2 Å². The van der Waals surface area contributed by atoms with Crippen LogP contribution in [0.25, 0.3) is 0 Å².